The van der Waals surface area contributed by atoms with Crippen LogP contribution in [0, 0.1) is 6.92 Å². The first-order valence-corrected chi connectivity index (χ1v) is 8.07. The number of alkyl carbamates (subject to hydrolysis) is 1. The maximum absolute atomic E-state index is 11.7. The Hall–Kier alpha value is -1.82. The Balaban J connectivity index is 2.51. The van der Waals surface area contributed by atoms with Crippen LogP contribution in [0.3, 0.4) is 0 Å². The summed E-state index contributed by atoms with van der Waals surface area (Å²) in [6.07, 6.45) is 1.47. The number of ether oxygens (including phenoxy) is 1. The maximum Gasteiger partial charge on any atom is 0.407 e. The molecule has 0 saturated carbocycles. The van der Waals surface area contributed by atoms with Gasteiger partial charge in [0.05, 0.1) is 5.69 Å². The summed E-state index contributed by atoms with van der Waals surface area (Å²) in [5, 5.41) is 15.9. The summed E-state index contributed by atoms with van der Waals surface area (Å²) in [4.78, 5) is 16.1. The van der Waals surface area contributed by atoms with Crippen LogP contribution >= 0.6 is 0 Å². The minimum absolute atomic E-state index is 0.0919. The topological polar surface area (TPSA) is 83.5 Å². The minimum Gasteiger partial charge on any atom is -0.506 e. The van der Waals surface area contributed by atoms with Crippen molar-refractivity contribution >= 4 is 6.09 Å². The number of aromatic hydroxyl groups is 1. The van der Waals surface area contributed by atoms with E-state index in [1.54, 1.807) is 12.1 Å². The Morgan fingerprint density at radius 2 is 2.09 bits per heavy atom. The highest BCUT2D eigenvalue weighted by atomic mass is 16.6. The van der Waals surface area contributed by atoms with Gasteiger partial charge in [0.2, 0.25) is 0 Å². The number of amides is 1. The number of hydrogen-bond donors (Lipinski definition) is 3. The third kappa shape index (κ3) is 7.83. The number of hydrogen-bond acceptors (Lipinski definition) is 5. The average Bonchev–Trinajstić information content (AvgIpc) is 2.43. The molecule has 0 fully saturated rings. The monoisotopic (exact) mass is 323 g/mol. The third-order valence-corrected chi connectivity index (χ3v) is 3.18. The van der Waals surface area contributed by atoms with Crippen molar-refractivity contribution < 1.29 is 14.6 Å². The van der Waals surface area contributed by atoms with Gasteiger partial charge in [-0.1, -0.05) is 13.3 Å². The number of carbonyl (C=O) groups is 1. The molecule has 0 aliphatic rings. The average molecular weight is 323 g/mol. The quantitative estimate of drug-likeness (QED) is 0.718. The summed E-state index contributed by atoms with van der Waals surface area (Å²) in [6.45, 7) is 10.4. The number of carbonyl (C=O) groups excluding carboxylic acids is 1. The molecule has 23 heavy (non-hydrogen) atoms. The summed E-state index contributed by atoms with van der Waals surface area (Å²) >= 11 is 0. The highest BCUT2D eigenvalue weighted by Crippen LogP contribution is 2.14. The second kappa shape index (κ2) is 8.72. The van der Waals surface area contributed by atoms with E-state index in [2.05, 4.69) is 22.5 Å². The molecular weight excluding hydrogens is 294 g/mol. The molecule has 1 atom stereocenters. The van der Waals surface area contributed by atoms with Crippen molar-refractivity contribution in [1.82, 2.24) is 15.6 Å². The van der Waals surface area contributed by atoms with Gasteiger partial charge in [0.1, 0.15) is 11.4 Å². The number of nitrogens with one attached hydrogen (secondary N) is 2. The molecule has 0 aromatic carbocycles. The third-order valence-electron chi connectivity index (χ3n) is 3.18. The molecule has 0 radical (unpaired) electrons. The van der Waals surface area contributed by atoms with Gasteiger partial charge in [-0.15, -0.1) is 0 Å². The molecular formula is C17H29N3O3. The van der Waals surface area contributed by atoms with Gasteiger partial charge in [-0.25, -0.2) is 4.79 Å². The van der Waals surface area contributed by atoms with E-state index in [1.807, 2.05) is 27.7 Å². The zero-order chi connectivity index (χ0) is 17.5. The van der Waals surface area contributed by atoms with Gasteiger partial charge in [-0.05, 0) is 46.2 Å². The van der Waals surface area contributed by atoms with Crippen LogP contribution in [-0.2, 0) is 11.3 Å². The highest BCUT2D eigenvalue weighted by Gasteiger charge is 2.17. The van der Waals surface area contributed by atoms with Crippen LogP contribution in [0.4, 0.5) is 4.79 Å². The van der Waals surface area contributed by atoms with E-state index in [9.17, 15) is 9.90 Å². The zero-order valence-electron chi connectivity index (χ0n) is 14.8. The molecule has 0 spiro atoms. The Morgan fingerprint density at radius 1 is 1.39 bits per heavy atom. The first-order valence-electron chi connectivity index (χ1n) is 8.07. The number of aryl methyl sites for hydroxylation is 1. The lowest BCUT2D eigenvalue weighted by atomic mass is 10.1. The molecule has 1 aromatic rings. The zero-order valence-corrected chi connectivity index (χ0v) is 14.8. The summed E-state index contributed by atoms with van der Waals surface area (Å²) < 4.78 is 5.23. The van der Waals surface area contributed by atoms with E-state index >= 15 is 0 Å². The van der Waals surface area contributed by atoms with Crippen molar-refractivity contribution in [3.63, 3.8) is 0 Å². The molecule has 130 valence electrons. The van der Waals surface area contributed by atoms with Gasteiger partial charge >= 0.3 is 6.09 Å². The van der Waals surface area contributed by atoms with Crippen molar-refractivity contribution in [2.24, 2.45) is 0 Å². The Bertz CT molecular complexity index is 512. The van der Waals surface area contributed by atoms with Crippen LogP contribution in [0.15, 0.2) is 12.1 Å². The molecule has 1 unspecified atom stereocenters. The van der Waals surface area contributed by atoms with Crippen LogP contribution < -0.4 is 10.6 Å². The molecule has 1 amide bonds. The summed E-state index contributed by atoms with van der Waals surface area (Å²) in [7, 11) is 0. The molecule has 6 heteroatoms. The Kier molecular flexibility index (Phi) is 7.29. The van der Waals surface area contributed by atoms with Crippen molar-refractivity contribution in [3.8, 4) is 5.75 Å². The number of rotatable bonds is 7. The normalized spacial score (nSPS) is 12.7. The second-order valence-corrected chi connectivity index (χ2v) is 6.67. The summed E-state index contributed by atoms with van der Waals surface area (Å²) in [6, 6.07) is 3.51. The first-order chi connectivity index (χ1) is 10.7. The Labute approximate surface area is 138 Å². The summed E-state index contributed by atoms with van der Waals surface area (Å²) in [5.74, 6) is 0.179. The molecule has 0 saturated heterocycles. The van der Waals surface area contributed by atoms with Crippen LogP contribution in [0.25, 0.3) is 0 Å². The van der Waals surface area contributed by atoms with Gasteiger partial charge in [0.15, 0.2) is 0 Å². The van der Waals surface area contributed by atoms with Gasteiger partial charge in [0, 0.05) is 24.8 Å². The van der Waals surface area contributed by atoms with Crippen molar-refractivity contribution in [3.05, 3.63) is 23.5 Å². The lowest BCUT2D eigenvalue weighted by Crippen LogP contribution is -2.42. The fourth-order valence-corrected chi connectivity index (χ4v) is 2.12. The molecule has 1 heterocycles. The van der Waals surface area contributed by atoms with Crippen LogP contribution in [0.2, 0.25) is 0 Å². The Morgan fingerprint density at radius 3 is 2.70 bits per heavy atom. The predicted octanol–water partition coefficient (Wildman–Crippen LogP) is 2.88. The molecule has 3 N–H and O–H groups in total. The summed E-state index contributed by atoms with van der Waals surface area (Å²) in [5.41, 5.74) is 0.969. The SMILES string of the molecule is CCCC(CNC(=O)OC(C)(C)C)NCc1nc(C)ccc1O. The van der Waals surface area contributed by atoms with Crippen molar-refractivity contribution in [2.75, 3.05) is 6.54 Å². The van der Waals surface area contributed by atoms with Crippen LogP contribution in [-0.4, -0.2) is 34.4 Å². The van der Waals surface area contributed by atoms with E-state index in [1.165, 1.54) is 0 Å². The van der Waals surface area contributed by atoms with Crippen LogP contribution in [0.1, 0.15) is 51.9 Å². The number of pyridine rings is 1. The van der Waals surface area contributed by atoms with Gasteiger partial charge in [-0.3, -0.25) is 4.98 Å². The number of aromatic nitrogens is 1. The van der Waals surface area contributed by atoms with E-state index < -0.39 is 11.7 Å². The van der Waals surface area contributed by atoms with E-state index in [-0.39, 0.29) is 11.8 Å². The second-order valence-electron chi connectivity index (χ2n) is 6.67. The van der Waals surface area contributed by atoms with E-state index in [0.29, 0.717) is 18.8 Å². The van der Waals surface area contributed by atoms with Gasteiger partial charge in [0.25, 0.3) is 0 Å². The fourth-order valence-electron chi connectivity index (χ4n) is 2.12. The van der Waals surface area contributed by atoms with E-state index in [0.717, 1.165) is 18.5 Å². The maximum atomic E-state index is 11.7. The van der Waals surface area contributed by atoms with E-state index in [4.69, 9.17) is 4.74 Å². The van der Waals surface area contributed by atoms with Gasteiger partial charge < -0.3 is 20.5 Å². The molecule has 1 aromatic heterocycles. The molecule has 6 nitrogen and oxygen atoms in total. The molecule has 0 bridgehead atoms. The lowest BCUT2D eigenvalue weighted by molar-refractivity contribution is 0.0521. The fraction of sp³-hybridized carbons (Fsp3) is 0.647. The molecule has 1 rings (SSSR count). The molecule has 0 aliphatic carbocycles. The number of nitrogens with zero attached hydrogens (tertiary/aromatic N) is 1. The van der Waals surface area contributed by atoms with Gasteiger partial charge in [-0.2, -0.15) is 0 Å². The largest absolute Gasteiger partial charge is 0.506 e. The van der Waals surface area contributed by atoms with Crippen molar-refractivity contribution in [2.45, 2.75) is 65.6 Å². The highest BCUT2D eigenvalue weighted by molar-refractivity contribution is 5.67. The smallest absolute Gasteiger partial charge is 0.407 e. The predicted molar refractivity (Wildman–Crippen MR) is 90.4 cm³/mol. The lowest BCUT2D eigenvalue weighted by Gasteiger charge is -2.22. The first kappa shape index (κ1) is 19.2. The molecule has 0 aliphatic heterocycles. The van der Waals surface area contributed by atoms with Crippen LogP contribution in [0.5, 0.6) is 5.75 Å². The standard InChI is InChI=1S/C17H29N3O3/c1-6-7-13(10-19-16(22)23-17(3,4)5)18-11-14-15(21)9-8-12(2)20-14/h8-9,13,18,21H,6-7,10-11H2,1-5H3,(H,19,22). The van der Waals surface area contributed by atoms with Crippen molar-refractivity contribution in [1.29, 1.82) is 0 Å². The minimum atomic E-state index is -0.505.